The van der Waals surface area contributed by atoms with Crippen LogP contribution in [0, 0.1) is 19.8 Å². The lowest BCUT2D eigenvalue weighted by atomic mass is 10.0. The summed E-state index contributed by atoms with van der Waals surface area (Å²) in [7, 11) is -3.46. The number of benzene rings is 1. The van der Waals surface area contributed by atoms with E-state index in [1.165, 1.54) is 4.31 Å². The molecular weight excluding hydrogens is 336 g/mol. The minimum Gasteiger partial charge on any atom is -0.353 e. The van der Waals surface area contributed by atoms with Crippen molar-refractivity contribution in [1.29, 1.82) is 0 Å². The van der Waals surface area contributed by atoms with Gasteiger partial charge in [-0.2, -0.15) is 4.31 Å². The maximum absolute atomic E-state index is 12.8. The van der Waals surface area contributed by atoms with Gasteiger partial charge in [0.05, 0.1) is 4.90 Å². The fourth-order valence-corrected chi connectivity index (χ4v) is 4.80. The van der Waals surface area contributed by atoms with Gasteiger partial charge in [-0.3, -0.25) is 4.79 Å². The van der Waals surface area contributed by atoms with E-state index in [0.29, 0.717) is 30.8 Å². The van der Waals surface area contributed by atoms with Crippen molar-refractivity contribution in [2.45, 2.75) is 64.3 Å². The van der Waals surface area contributed by atoms with Crippen LogP contribution in [0.25, 0.3) is 0 Å². The SMILES string of the molecule is CCC(CC)C(=O)NC1CCN(S(=O)(=O)c2ccc(C)c(C)c2)CC1. The van der Waals surface area contributed by atoms with Gasteiger partial charge in [0.15, 0.2) is 0 Å². The van der Waals surface area contributed by atoms with E-state index in [4.69, 9.17) is 0 Å². The Morgan fingerprint density at radius 3 is 2.28 bits per heavy atom. The van der Waals surface area contributed by atoms with Crippen molar-refractivity contribution in [1.82, 2.24) is 9.62 Å². The number of hydrogen-bond donors (Lipinski definition) is 1. The predicted octanol–water partition coefficient (Wildman–Crippen LogP) is 3.01. The fourth-order valence-electron chi connectivity index (χ4n) is 3.24. The number of nitrogens with one attached hydrogen (secondary N) is 1. The summed E-state index contributed by atoms with van der Waals surface area (Å²) in [6.45, 7) is 8.83. The molecule has 0 unspecified atom stereocenters. The summed E-state index contributed by atoms with van der Waals surface area (Å²) in [4.78, 5) is 12.6. The van der Waals surface area contributed by atoms with Crippen LogP contribution in [0.5, 0.6) is 0 Å². The highest BCUT2D eigenvalue weighted by atomic mass is 32.2. The van der Waals surface area contributed by atoms with Crippen molar-refractivity contribution in [3.63, 3.8) is 0 Å². The third kappa shape index (κ3) is 4.61. The van der Waals surface area contributed by atoms with Gasteiger partial charge in [0.1, 0.15) is 0 Å². The lowest BCUT2D eigenvalue weighted by Gasteiger charge is -2.32. The summed E-state index contributed by atoms with van der Waals surface area (Å²) in [5.74, 6) is 0.151. The zero-order valence-corrected chi connectivity index (χ0v) is 16.5. The number of hydrogen-bond acceptors (Lipinski definition) is 3. The van der Waals surface area contributed by atoms with Gasteiger partial charge in [0, 0.05) is 25.0 Å². The maximum Gasteiger partial charge on any atom is 0.243 e. The Bertz CT molecular complexity index is 703. The Balaban J connectivity index is 1.99. The van der Waals surface area contributed by atoms with E-state index in [1.54, 1.807) is 12.1 Å². The third-order valence-corrected chi connectivity index (χ3v) is 7.17. The van der Waals surface area contributed by atoms with Crippen LogP contribution >= 0.6 is 0 Å². The normalized spacial score (nSPS) is 17.0. The van der Waals surface area contributed by atoms with E-state index >= 15 is 0 Å². The number of sulfonamides is 1. The van der Waals surface area contributed by atoms with Gasteiger partial charge in [0.2, 0.25) is 15.9 Å². The Morgan fingerprint density at radius 2 is 1.76 bits per heavy atom. The number of amides is 1. The molecule has 0 aromatic heterocycles. The summed E-state index contributed by atoms with van der Waals surface area (Å²) < 4.78 is 27.2. The molecule has 6 heteroatoms. The third-order valence-electron chi connectivity index (χ3n) is 5.27. The maximum atomic E-state index is 12.8. The van der Waals surface area contributed by atoms with Gasteiger partial charge in [-0.15, -0.1) is 0 Å². The summed E-state index contributed by atoms with van der Waals surface area (Å²) >= 11 is 0. The molecule has 0 aliphatic carbocycles. The van der Waals surface area contributed by atoms with E-state index < -0.39 is 10.0 Å². The van der Waals surface area contributed by atoms with Crippen molar-refractivity contribution in [3.8, 4) is 0 Å². The molecular formula is C19H30N2O3S. The van der Waals surface area contributed by atoms with Gasteiger partial charge in [-0.25, -0.2) is 8.42 Å². The molecule has 2 rings (SSSR count). The molecule has 0 radical (unpaired) electrons. The van der Waals surface area contributed by atoms with Crippen LogP contribution < -0.4 is 5.32 Å². The lowest BCUT2D eigenvalue weighted by Crippen LogP contribution is -2.47. The smallest absolute Gasteiger partial charge is 0.243 e. The van der Waals surface area contributed by atoms with Crippen LogP contribution in [0.1, 0.15) is 50.7 Å². The molecule has 1 N–H and O–H groups in total. The molecule has 1 aromatic rings. The van der Waals surface area contributed by atoms with E-state index in [-0.39, 0.29) is 17.9 Å². The largest absolute Gasteiger partial charge is 0.353 e. The molecule has 1 heterocycles. The van der Waals surface area contributed by atoms with Gasteiger partial charge in [-0.1, -0.05) is 19.9 Å². The lowest BCUT2D eigenvalue weighted by molar-refractivity contribution is -0.126. The van der Waals surface area contributed by atoms with E-state index in [2.05, 4.69) is 5.32 Å². The van der Waals surface area contributed by atoms with Crippen LogP contribution in [0.2, 0.25) is 0 Å². The molecule has 0 atom stereocenters. The van der Waals surface area contributed by atoms with Crippen LogP contribution in [0.3, 0.4) is 0 Å². The van der Waals surface area contributed by atoms with E-state index in [1.807, 2.05) is 33.8 Å². The second-order valence-corrected chi connectivity index (χ2v) is 8.88. The average molecular weight is 367 g/mol. The molecule has 1 saturated heterocycles. The van der Waals surface area contributed by atoms with Crippen molar-refractivity contribution in [2.75, 3.05) is 13.1 Å². The second-order valence-electron chi connectivity index (χ2n) is 6.95. The molecule has 0 spiro atoms. The first-order chi connectivity index (χ1) is 11.8. The highest BCUT2D eigenvalue weighted by Gasteiger charge is 2.30. The Hall–Kier alpha value is -1.40. The standard InChI is InChI=1S/C19H30N2O3S/c1-5-16(6-2)19(22)20-17-9-11-21(12-10-17)25(23,24)18-8-7-14(3)15(4)13-18/h7-8,13,16-17H,5-6,9-12H2,1-4H3,(H,20,22). The van der Waals surface area contributed by atoms with E-state index in [0.717, 1.165) is 24.0 Å². The minimum absolute atomic E-state index is 0.0531. The van der Waals surface area contributed by atoms with E-state index in [9.17, 15) is 13.2 Å². The van der Waals surface area contributed by atoms with Crippen LogP contribution in [-0.2, 0) is 14.8 Å². The minimum atomic E-state index is -3.46. The number of nitrogens with zero attached hydrogens (tertiary/aromatic N) is 1. The highest BCUT2D eigenvalue weighted by Crippen LogP contribution is 2.23. The Kier molecular flexibility index (Phi) is 6.63. The average Bonchev–Trinajstić information content (AvgIpc) is 2.58. The number of aryl methyl sites for hydroxylation is 2. The molecule has 140 valence electrons. The van der Waals surface area contributed by atoms with Gasteiger partial charge in [0.25, 0.3) is 0 Å². The zero-order chi connectivity index (χ0) is 18.6. The number of piperidine rings is 1. The molecule has 1 fully saturated rings. The number of rotatable bonds is 6. The second kappa shape index (κ2) is 8.32. The molecule has 1 aliphatic heterocycles. The van der Waals surface area contributed by atoms with Gasteiger partial charge < -0.3 is 5.32 Å². The van der Waals surface area contributed by atoms with Crippen molar-refractivity contribution < 1.29 is 13.2 Å². The fraction of sp³-hybridized carbons (Fsp3) is 0.632. The predicted molar refractivity (Wildman–Crippen MR) is 99.9 cm³/mol. The van der Waals surface area contributed by atoms with Gasteiger partial charge in [-0.05, 0) is 62.8 Å². The van der Waals surface area contributed by atoms with Crippen molar-refractivity contribution >= 4 is 15.9 Å². The van der Waals surface area contributed by atoms with Crippen LogP contribution in [0.4, 0.5) is 0 Å². The highest BCUT2D eigenvalue weighted by molar-refractivity contribution is 7.89. The number of carbonyl (C=O) groups excluding carboxylic acids is 1. The molecule has 5 nitrogen and oxygen atoms in total. The summed E-state index contributed by atoms with van der Waals surface area (Å²) in [5.41, 5.74) is 2.06. The van der Waals surface area contributed by atoms with Crippen molar-refractivity contribution in [3.05, 3.63) is 29.3 Å². The monoisotopic (exact) mass is 366 g/mol. The quantitative estimate of drug-likeness (QED) is 0.841. The first kappa shape index (κ1) is 19.9. The molecule has 1 aliphatic rings. The number of carbonyl (C=O) groups is 1. The van der Waals surface area contributed by atoms with Crippen LogP contribution in [0.15, 0.2) is 23.1 Å². The zero-order valence-electron chi connectivity index (χ0n) is 15.7. The molecule has 0 saturated carbocycles. The Labute approximate surface area is 151 Å². The summed E-state index contributed by atoms with van der Waals surface area (Å²) in [6.07, 6.45) is 3.00. The molecule has 0 bridgehead atoms. The van der Waals surface area contributed by atoms with Crippen LogP contribution in [-0.4, -0.2) is 37.8 Å². The molecule has 1 amide bonds. The van der Waals surface area contributed by atoms with Crippen molar-refractivity contribution in [2.24, 2.45) is 5.92 Å². The first-order valence-corrected chi connectivity index (χ1v) is 10.6. The summed E-state index contributed by atoms with van der Waals surface area (Å²) in [5, 5.41) is 3.09. The summed E-state index contributed by atoms with van der Waals surface area (Å²) in [6, 6.07) is 5.34. The Morgan fingerprint density at radius 1 is 1.16 bits per heavy atom. The van der Waals surface area contributed by atoms with Gasteiger partial charge >= 0.3 is 0 Å². The topological polar surface area (TPSA) is 66.5 Å². The molecule has 1 aromatic carbocycles. The first-order valence-electron chi connectivity index (χ1n) is 9.17. The molecule has 25 heavy (non-hydrogen) atoms.